The van der Waals surface area contributed by atoms with Crippen LogP contribution in [0.3, 0.4) is 0 Å². The van der Waals surface area contributed by atoms with Crippen LogP contribution in [0.1, 0.15) is 89.5 Å². The number of carbonyl (C=O) groups is 1. The van der Waals surface area contributed by atoms with Crippen molar-refractivity contribution in [3.63, 3.8) is 0 Å². The Morgan fingerprint density at radius 1 is 1.22 bits per heavy atom. The Labute approximate surface area is 162 Å². The van der Waals surface area contributed by atoms with Gasteiger partial charge in [0, 0.05) is 23.5 Å². The van der Waals surface area contributed by atoms with E-state index >= 15 is 0 Å². The van der Waals surface area contributed by atoms with E-state index in [0.717, 1.165) is 36.9 Å². The molecule has 2 aliphatic rings. The third-order valence-corrected chi connectivity index (χ3v) is 5.28. The molecule has 5 nitrogen and oxygen atoms in total. The second kappa shape index (κ2) is 10.2. The molecule has 0 atom stereocenters. The molecule has 2 N–H and O–H groups in total. The molecule has 150 valence electrons. The van der Waals surface area contributed by atoms with Gasteiger partial charge in [0.25, 0.3) is 5.56 Å². The summed E-state index contributed by atoms with van der Waals surface area (Å²) in [7, 11) is 0. The zero-order valence-electron chi connectivity index (χ0n) is 17.3. The van der Waals surface area contributed by atoms with E-state index in [0.29, 0.717) is 22.8 Å². The van der Waals surface area contributed by atoms with Gasteiger partial charge in [-0.1, -0.05) is 52.5 Å². The average Bonchev–Trinajstić information content (AvgIpc) is 2.60. The fourth-order valence-corrected chi connectivity index (χ4v) is 4.42. The smallest absolute Gasteiger partial charge is 0.303 e. The van der Waals surface area contributed by atoms with E-state index in [1.54, 1.807) is 6.08 Å². The molecular formula is C22H34N2O3. The van der Waals surface area contributed by atoms with Crippen LogP contribution < -0.4 is 5.56 Å². The van der Waals surface area contributed by atoms with Crippen LogP contribution in [0.25, 0.3) is 12.2 Å². The van der Waals surface area contributed by atoms with Gasteiger partial charge in [0.15, 0.2) is 0 Å². The summed E-state index contributed by atoms with van der Waals surface area (Å²) in [5, 5.41) is 15.7. The number of nitrogens with zero attached hydrogens (tertiary/aromatic N) is 1. The normalized spacial score (nSPS) is 25.4. The van der Waals surface area contributed by atoms with Crippen LogP contribution in [-0.2, 0) is 4.79 Å². The molecule has 0 amide bonds. The highest BCUT2D eigenvalue weighted by Gasteiger charge is 2.54. The number of carboxylic acid groups (broad SMARTS) is 1. The van der Waals surface area contributed by atoms with E-state index in [4.69, 9.17) is 5.11 Å². The lowest BCUT2D eigenvalue weighted by Gasteiger charge is -2.57. The maximum absolute atomic E-state index is 11.9. The van der Waals surface area contributed by atoms with Gasteiger partial charge < -0.3 is 5.11 Å². The maximum Gasteiger partial charge on any atom is 0.303 e. The highest BCUT2D eigenvalue weighted by atomic mass is 16.4. The molecule has 2 aliphatic carbocycles. The number of allylic oxidation sites excluding steroid dienone is 1. The van der Waals surface area contributed by atoms with Crippen LogP contribution in [-0.4, -0.2) is 21.3 Å². The first-order valence-electron chi connectivity index (χ1n) is 10.1. The van der Waals surface area contributed by atoms with Crippen molar-refractivity contribution in [2.24, 2.45) is 11.3 Å². The summed E-state index contributed by atoms with van der Waals surface area (Å²) in [5.41, 5.74) is 2.48. The van der Waals surface area contributed by atoms with E-state index in [2.05, 4.69) is 16.8 Å². The second-order valence-corrected chi connectivity index (χ2v) is 6.95. The summed E-state index contributed by atoms with van der Waals surface area (Å²) in [6.45, 7) is 13.7. The lowest BCUT2D eigenvalue weighted by atomic mass is 9.47. The lowest BCUT2D eigenvalue weighted by molar-refractivity contribution is -0.142. The Balaban J connectivity index is 0.000000855. The number of nitrogens with one attached hydrogen (secondary N) is 1. The van der Waals surface area contributed by atoms with Gasteiger partial charge in [0.2, 0.25) is 0 Å². The monoisotopic (exact) mass is 374 g/mol. The first-order valence-corrected chi connectivity index (χ1v) is 10.1. The van der Waals surface area contributed by atoms with E-state index < -0.39 is 5.97 Å². The molecule has 27 heavy (non-hydrogen) atoms. The number of rotatable bonds is 5. The van der Waals surface area contributed by atoms with Crippen molar-refractivity contribution in [2.45, 2.75) is 72.6 Å². The topological polar surface area (TPSA) is 83.0 Å². The van der Waals surface area contributed by atoms with Crippen LogP contribution in [0.4, 0.5) is 0 Å². The second-order valence-electron chi connectivity index (χ2n) is 6.95. The summed E-state index contributed by atoms with van der Waals surface area (Å²) < 4.78 is 0. The third kappa shape index (κ3) is 4.96. The zero-order chi connectivity index (χ0) is 20.6. The number of carboxylic acids is 1. The van der Waals surface area contributed by atoms with E-state index in [1.165, 1.54) is 0 Å². The summed E-state index contributed by atoms with van der Waals surface area (Å²) in [6.07, 6.45) is 9.78. The zero-order valence-corrected chi connectivity index (χ0v) is 17.3. The SMILES string of the molecule is C=Cc1c(/C=C\C)c(C2CC3(CC(CC(=O)O)C3)C2)n[nH]c1=O.CC.CC. The number of hydrogen-bond acceptors (Lipinski definition) is 3. The van der Waals surface area contributed by atoms with Crippen molar-refractivity contribution in [1.82, 2.24) is 10.2 Å². The Kier molecular flexibility index (Phi) is 8.67. The van der Waals surface area contributed by atoms with Crippen LogP contribution in [0.2, 0.25) is 0 Å². The molecule has 0 bridgehead atoms. The largest absolute Gasteiger partial charge is 0.481 e. The molecule has 0 aliphatic heterocycles. The van der Waals surface area contributed by atoms with Crippen molar-refractivity contribution in [1.29, 1.82) is 0 Å². The van der Waals surface area contributed by atoms with Crippen molar-refractivity contribution in [3.8, 4) is 0 Å². The lowest BCUT2D eigenvalue weighted by Crippen LogP contribution is -2.47. The van der Waals surface area contributed by atoms with Gasteiger partial charge in [0.05, 0.1) is 5.69 Å². The van der Waals surface area contributed by atoms with Gasteiger partial charge in [-0.05, 0) is 43.9 Å². The predicted octanol–water partition coefficient (Wildman–Crippen LogP) is 5.25. The quantitative estimate of drug-likeness (QED) is 0.737. The molecule has 3 rings (SSSR count). The number of H-pyrrole nitrogens is 1. The molecule has 1 aromatic heterocycles. The van der Waals surface area contributed by atoms with Crippen LogP contribution in [0.15, 0.2) is 17.4 Å². The number of hydrogen-bond donors (Lipinski definition) is 2. The molecule has 0 unspecified atom stereocenters. The summed E-state index contributed by atoms with van der Waals surface area (Å²) in [6, 6.07) is 0. The van der Waals surface area contributed by atoms with Crippen LogP contribution in [0.5, 0.6) is 0 Å². The van der Waals surface area contributed by atoms with Crippen LogP contribution >= 0.6 is 0 Å². The van der Waals surface area contributed by atoms with Gasteiger partial charge in [-0.3, -0.25) is 9.59 Å². The summed E-state index contributed by atoms with van der Waals surface area (Å²) in [5.74, 6) is -0.0349. The molecule has 2 saturated carbocycles. The highest BCUT2D eigenvalue weighted by molar-refractivity contribution is 5.67. The van der Waals surface area contributed by atoms with Crippen LogP contribution in [0, 0.1) is 11.3 Å². The number of aromatic nitrogens is 2. The standard InChI is InChI=1S/C18H22N2O3.2C2H6/c1-3-5-14-13(4-2)17(23)20-19-16(14)12-9-18(10-12)7-11(8-18)6-15(21)22;2*1-2/h3-5,11-12H,2,6-10H2,1H3,(H,20,23)(H,21,22);2*1-2H3/b5-3-;;. The van der Waals surface area contributed by atoms with E-state index in [1.807, 2.05) is 46.8 Å². The van der Waals surface area contributed by atoms with E-state index in [-0.39, 0.29) is 12.0 Å². The third-order valence-electron chi connectivity index (χ3n) is 5.28. The molecule has 0 aromatic carbocycles. The number of aliphatic carboxylic acids is 1. The van der Waals surface area contributed by atoms with Gasteiger partial charge in [-0.15, -0.1) is 0 Å². The average molecular weight is 375 g/mol. The first kappa shape index (κ1) is 22.9. The minimum atomic E-state index is -0.700. The maximum atomic E-state index is 11.9. The predicted molar refractivity (Wildman–Crippen MR) is 112 cm³/mol. The Morgan fingerprint density at radius 2 is 1.81 bits per heavy atom. The molecule has 1 spiro atoms. The molecular weight excluding hydrogens is 340 g/mol. The van der Waals surface area contributed by atoms with Crippen molar-refractivity contribution in [3.05, 3.63) is 39.8 Å². The Morgan fingerprint density at radius 3 is 2.30 bits per heavy atom. The summed E-state index contributed by atoms with van der Waals surface area (Å²) >= 11 is 0. The molecule has 1 heterocycles. The summed E-state index contributed by atoms with van der Waals surface area (Å²) in [4.78, 5) is 22.7. The van der Waals surface area contributed by atoms with Gasteiger partial charge >= 0.3 is 5.97 Å². The minimum Gasteiger partial charge on any atom is -0.481 e. The molecule has 5 heteroatoms. The molecule has 2 fully saturated rings. The Hall–Kier alpha value is -2.17. The highest BCUT2D eigenvalue weighted by Crippen LogP contribution is 2.64. The molecule has 0 saturated heterocycles. The molecule has 0 radical (unpaired) electrons. The fourth-order valence-electron chi connectivity index (χ4n) is 4.42. The Bertz CT molecular complexity index is 720. The van der Waals surface area contributed by atoms with E-state index in [9.17, 15) is 9.59 Å². The molecule has 1 aromatic rings. The van der Waals surface area contributed by atoms with Gasteiger partial charge in [-0.2, -0.15) is 5.10 Å². The van der Waals surface area contributed by atoms with Gasteiger partial charge in [0.1, 0.15) is 0 Å². The van der Waals surface area contributed by atoms with Crippen molar-refractivity contribution >= 4 is 18.1 Å². The van der Waals surface area contributed by atoms with Gasteiger partial charge in [-0.25, -0.2) is 5.10 Å². The number of aromatic amines is 1. The van der Waals surface area contributed by atoms with Crippen molar-refractivity contribution in [2.75, 3.05) is 0 Å². The fraction of sp³-hybridized carbons (Fsp3) is 0.591. The van der Waals surface area contributed by atoms with Crippen molar-refractivity contribution < 1.29 is 9.90 Å². The minimum absolute atomic E-state index is 0.212. The first-order chi connectivity index (χ1) is 13.0.